The first-order valence-corrected chi connectivity index (χ1v) is 7.42. The summed E-state index contributed by atoms with van der Waals surface area (Å²) in [4.78, 5) is 0. The molecule has 0 aromatic carbocycles. The summed E-state index contributed by atoms with van der Waals surface area (Å²) in [6.45, 7) is 2.27. The molecule has 0 aromatic heterocycles. The lowest BCUT2D eigenvalue weighted by molar-refractivity contribution is 0.430. The van der Waals surface area contributed by atoms with Crippen LogP contribution in [-0.2, 0) is 0 Å². The number of unbranched alkanes of at least 4 members (excludes halogenated alkanes) is 6. The van der Waals surface area contributed by atoms with Crippen LogP contribution in [-0.4, -0.2) is 0 Å². The third-order valence-corrected chi connectivity index (χ3v) is 3.57. The van der Waals surface area contributed by atoms with Crippen molar-refractivity contribution in [3.8, 4) is 11.8 Å². The summed E-state index contributed by atoms with van der Waals surface area (Å²) in [5.74, 6) is 7.61. The lowest BCUT2D eigenvalue weighted by Gasteiger charge is -2.15. The average Bonchev–Trinajstić information content (AvgIpc) is 2.34. The molecule has 0 spiro atoms. The highest BCUT2D eigenvalue weighted by molar-refractivity contribution is 5.04. The van der Waals surface area contributed by atoms with E-state index in [2.05, 4.69) is 18.8 Å². The minimum atomic E-state index is 0.744. The molecule has 0 heterocycles. The molecule has 0 atom stereocenters. The molecular formula is C16H28. The molecule has 92 valence electrons. The Hall–Kier alpha value is -0.440. The van der Waals surface area contributed by atoms with Gasteiger partial charge in [0.25, 0.3) is 0 Å². The molecule has 0 aromatic rings. The Labute approximate surface area is 102 Å². The normalized spacial score (nSPS) is 16.8. The van der Waals surface area contributed by atoms with Crippen molar-refractivity contribution in [3.63, 3.8) is 0 Å². The van der Waals surface area contributed by atoms with Crippen LogP contribution in [0, 0.1) is 17.8 Å². The summed E-state index contributed by atoms with van der Waals surface area (Å²) in [5.41, 5.74) is 0. The van der Waals surface area contributed by atoms with E-state index in [0.717, 1.165) is 12.3 Å². The van der Waals surface area contributed by atoms with Crippen LogP contribution < -0.4 is 0 Å². The lowest BCUT2D eigenvalue weighted by atomic mass is 9.90. The van der Waals surface area contributed by atoms with Gasteiger partial charge in [0.2, 0.25) is 0 Å². The molecule has 1 aliphatic carbocycles. The molecule has 0 nitrogen and oxygen atoms in total. The van der Waals surface area contributed by atoms with Gasteiger partial charge in [-0.2, -0.15) is 0 Å². The highest BCUT2D eigenvalue weighted by atomic mass is 14.1. The van der Waals surface area contributed by atoms with Gasteiger partial charge >= 0.3 is 0 Å². The fourth-order valence-electron chi connectivity index (χ4n) is 2.46. The van der Waals surface area contributed by atoms with Crippen molar-refractivity contribution < 1.29 is 0 Å². The van der Waals surface area contributed by atoms with Gasteiger partial charge in [-0.25, -0.2) is 0 Å². The summed E-state index contributed by atoms with van der Waals surface area (Å²) >= 11 is 0. The zero-order valence-electron chi connectivity index (χ0n) is 11.1. The van der Waals surface area contributed by atoms with Crippen LogP contribution in [0.25, 0.3) is 0 Å². The van der Waals surface area contributed by atoms with Crippen molar-refractivity contribution in [1.82, 2.24) is 0 Å². The molecule has 16 heavy (non-hydrogen) atoms. The van der Waals surface area contributed by atoms with Gasteiger partial charge in [-0.15, -0.1) is 5.92 Å². The van der Waals surface area contributed by atoms with Crippen LogP contribution in [0.4, 0.5) is 0 Å². The maximum Gasteiger partial charge on any atom is 0.0202 e. The first-order valence-electron chi connectivity index (χ1n) is 7.42. The lowest BCUT2D eigenvalue weighted by Crippen LogP contribution is -2.02. The van der Waals surface area contributed by atoms with Gasteiger partial charge < -0.3 is 0 Å². The highest BCUT2D eigenvalue weighted by Gasteiger charge is 2.09. The van der Waals surface area contributed by atoms with Gasteiger partial charge in [0.15, 0.2) is 0 Å². The van der Waals surface area contributed by atoms with Crippen LogP contribution in [0.1, 0.15) is 84.0 Å². The number of hydrogen-bond acceptors (Lipinski definition) is 0. The van der Waals surface area contributed by atoms with Crippen LogP contribution in [0.5, 0.6) is 0 Å². The van der Waals surface area contributed by atoms with Crippen LogP contribution in [0.3, 0.4) is 0 Å². The average molecular weight is 220 g/mol. The molecule has 0 bridgehead atoms. The molecule has 0 radical (unpaired) electrons. The van der Waals surface area contributed by atoms with Crippen LogP contribution >= 0.6 is 0 Å². The molecule has 0 amide bonds. The van der Waals surface area contributed by atoms with Gasteiger partial charge in [0.05, 0.1) is 0 Å². The molecule has 1 rings (SSSR count). The Morgan fingerprint density at radius 1 is 0.875 bits per heavy atom. The van der Waals surface area contributed by atoms with E-state index in [9.17, 15) is 0 Å². The topological polar surface area (TPSA) is 0 Å². The quantitative estimate of drug-likeness (QED) is 0.420. The fraction of sp³-hybridized carbons (Fsp3) is 0.875. The van der Waals surface area contributed by atoms with Crippen molar-refractivity contribution >= 4 is 0 Å². The predicted molar refractivity (Wildman–Crippen MR) is 72.3 cm³/mol. The monoisotopic (exact) mass is 220 g/mol. The van der Waals surface area contributed by atoms with Gasteiger partial charge in [-0.1, -0.05) is 64.2 Å². The third kappa shape index (κ3) is 6.94. The summed E-state index contributed by atoms with van der Waals surface area (Å²) in [6.07, 6.45) is 16.4. The van der Waals surface area contributed by atoms with Gasteiger partial charge in [-0.3, -0.25) is 0 Å². The fourth-order valence-corrected chi connectivity index (χ4v) is 2.46. The first kappa shape index (κ1) is 13.6. The van der Waals surface area contributed by atoms with E-state index in [-0.39, 0.29) is 0 Å². The molecule has 1 saturated carbocycles. The second kappa shape index (κ2) is 9.76. The summed E-state index contributed by atoms with van der Waals surface area (Å²) in [5, 5.41) is 0. The van der Waals surface area contributed by atoms with Gasteiger partial charge in [-0.05, 0) is 19.3 Å². The Morgan fingerprint density at radius 3 is 2.31 bits per heavy atom. The van der Waals surface area contributed by atoms with E-state index in [4.69, 9.17) is 0 Å². The smallest absolute Gasteiger partial charge is 0.0202 e. The van der Waals surface area contributed by atoms with E-state index in [1.807, 2.05) is 0 Å². The van der Waals surface area contributed by atoms with E-state index in [1.165, 1.54) is 70.6 Å². The molecular weight excluding hydrogens is 192 g/mol. The molecule has 0 N–H and O–H groups in total. The first-order chi connectivity index (χ1) is 7.93. The van der Waals surface area contributed by atoms with Crippen LogP contribution in [0.2, 0.25) is 0 Å². The second-order valence-electron chi connectivity index (χ2n) is 5.17. The molecule has 1 fully saturated rings. The Kier molecular flexibility index (Phi) is 8.31. The zero-order chi connectivity index (χ0) is 11.5. The molecule has 0 saturated heterocycles. The van der Waals surface area contributed by atoms with Crippen molar-refractivity contribution in [2.45, 2.75) is 84.0 Å². The number of hydrogen-bond donors (Lipinski definition) is 0. The van der Waals surface area contributed by atoms with E-state index < -0.39 is 0 Å². The van der Waals surface area contributed by atoms with Crippen molar-refractivity contribution in [1.29, 1.82) is 0 Å². The van der Waals surface area contributed by atoms with E-state index in [0.29, 0.717) is 0 Å². The van der Waals surface area contributed by atoms with Crippen molar-refractivity contribution in [2.75, 3.05) is 0 Å². The summed E-state index contributed by atoms with van der Waals surface area (Å²) < 4.78 is 0. The molecule has 0 aliphatic heterocycles. The third-order valence-electron chi connectivity index (χ3n) is 3.57. The minimum Gasteiger partial charge on any atom is -0.103 e. The Bertz CT molecular complexity index is 200. The summed E-state index contributed by atoms with van der Waals surface area (Å²) in [7, 11) is 0. The second-order valence-corrected chi connectivity index (χ2v) is 5.17. The maximum atomic E-state index is 3.47. The highest BCUT2D eigenvalue weighted by Crippen LogP contribution is 2.22. The van der Waals surface area contributed by atoms with Gasteiger partial charge in [0.1, 0.15) is 0 Å². The van der Waals surface area contributed by atoms with Crippen LogP contribution in [0.15, 0.2) is 0 Å². The van der Waals surface area contributed by atoms with Crippen molar-refractivity contribution in [3.05, 3.63) is 0 Å². The minimum absolute atomic E-state index is 0.744. The summed E-state index contributed by atoms with van der Waals surface area (Å²) in [6, 6.07) is 0. The largest absolute Gasteiger partial charge is 0.103 e. The molecule has 1 aliphatic rings. The maximum absolute atomic E-state index is 3.47. The van der Waals surface area contributed by atoms with Gasteiger partial charge in [0, 0.05) is 12.3 Å². The molecule has 0 heteroatoms. The van der Waals surface area contributed by atoms with E-state index >= 15 is 0 Å². The zero-order valence-corrected chi connectivity index (χ0v) is 11.1. The predicted octanol–water partition coefficient (Wildman–Crippen LogP) is 5.32. The molecule has 0 unspecified atom stereocenters. The number of rotatable bonds is 6. The SMILES string of the molecule is CCCCCCCCC#CC1CCCCC1. The van der Waals surface area contributed by atoms with E-state index in [1.54, 1.807) is 0 Å². The standard InChI is InChI=1S/C16H28/c1-2-3-4-5-6-7-8-10-13-16-14-11-9-12-15-16/h16H,2-9,11-12,14-15H2,1H3. The van der Waals surface area contributed by atoms with Crippen molar-refractivity contribution in [2.24, 2.45) is 5.92 Å². The Morgan fingerprint density at radius 2 is 1.56 bits per heavy atom. The Balaban J connectivity index is 1.91.